The summed E-state index contributed by atoms with van der Waals surface area (Å²) in [5.41, 5.74) is 3.13. The maximum absolute atomic E-state index is 12.5. The second-order valence-corrected chi connectivity index (χ2v) is 4.70. The Labute approximate surface area is 111 Å². The zero-order valence-electron chi connectivity index (χ0n) is 10.4. The summed E-state index contributed by atoms with van der Waals surface area (Å²) in [6.07, 6.45) is 3.24. The van der Waals surface area contributed by atoms with Crippen LogP contribution in [0.5, 0.6) is 0 Å². The van der Waals surface area contributed by atoms with Crippen LogP contribution in [0, 0.1) is 0 Å². The molecular weight excluding hydrogens is 238 g/mol. The average Bonchev–Trinajstić information content (AvgIpc) is 2.46. The number of carbonyl (C=O) groups excluding carboxylic acids is 2. The molecule has 3 nitrogen and oxygen atoms in total. The summed E-state index contributed by atoms with van der Waals surface area (Å²) in [6, 6.07) is 10.9. The van der Waals surface area contributed by atoms with Gasteiger partial charge in [-0.3, -0.25) is 14.6 Å². The minimum Gasteiger partial charge on any atom is -0.299 e. The molecule has 94 valence electrons. The number of aromatic nitrogens is 1. The molecule has 3 heteroatoms. The number of ketones is 2. The molecule has 1 aromatic carbocycles. The first kappa shape index (κ1) is 11.8. The van der Waals surface area contributed by atoms with E-state index in [4.69, 9.17) is 0 Å². The second-order valence-electron chi connectivity index (χ2n) is 4.70. The third-order valence-electron chi connectivity index (χ3n) is 3.46. The lowest BCUT2D eigenvalue weighted by molar-refractivity contribution is -0.118. The Morgan fingerprint density at radius 1 is 1.05 bits per heavy atom. The Kier molecular flexibility index (Phi) is 2.95. The average molecular weight is 251 g/mol. The molecule has 1 aliphatic rings. The van der Waals surface area contributed by atoms with Gasteiger partial charge in [-0.15, -0.1) is 0 Å². The van der Waals surface area contributed by atoms with Gasteiger partial charge in [-0.1, -0.05) is 24.3 Å². The van der Waals surface area contributed by atoms with Crippen LogP contribution in [0.25, 0.3) is 0 Å². The summed E-state index contributed by atoms with van der Waals surface area (Å²) >= 11 is 0. The number of carbonyl (C=O) groups is 2. The molecule has 0 N–H and O–H groups in total. The van der Waals surface area contributed by atoms with E-state index in [2.05, 4.69) is 4.98 Å². The van der Waals surface area contributed by atoms with E-state index in [0.29, 0.717) is 30.5 Å². The van der Waals surface area contributed by atoms with Gasteiger partial charge >= 0.3 is 0 Å². The molecule has 0 radical (unpaired) electrons. The van der Waals surface area contributed by atoms with E-state index in [9.17, 15) is 9.59 Å². The Hall–Kier alpha value is -2.29. The predicted octanol–water partition coefficient (Wildman–Crippen LogP) is 2.37. The maximum atomic E-state index is 12.5. The van der Waals surface area contributed by atoms with E-state index in [1.165, 1.54) is 0 Å². The fraction of sp³-hybridized carbons (Fsp3) is 0.188. The molecule has 1 aromatic heterocycles. The lowest BCUT2D eigenvalue weighted by atomic mass is 9.86. The summed E-state index contributed by atoms with van der Waals surface area (Å²) in [7, 11) is 0. The van der Waals surface area contributed by atoms with Gasteiger partial charge in [-0.25, -0.2) is 0 Å². The molecule has 0 saturated heterocycles. The number of hydrogen-bond acceptors (Lipinski definition) is 3. The highest BCUT2D eigenvalue weighted by atomic mass is 16.1. The van der Waals surface area contributed by atoms with E-state index >= 15 is 0 Å². The Morgan fingerprint density at radius 3 is 2.74 bits per heavy atom. The second kappa shape index (κ2) is 4.76. The van der Waals surface area contributed by atoms with Crippen LogP contribution < -0.4 is 0 Å². The number of pyridine rings is 1. The van der Waals surface area contributed by atoms with Gasteiger partial charge in [-0.2, -0.15) is 0 Å². The number of nitrogens with zero attached hydrogens (tertiary/aromatic N) is 1. The highest BCUT2D eigenvalue weighted by Crippen LogP contribution is 2.24. The van der Waals surface area contributed by atoms with E-state index in [1.54, 1.807) is 24.4 Å². The van der Waals surface area contributed by atoms with Gasteiger partial charge in [0.1, 0.15) is 11.5 Å². The molecule has 3 rings (SSSR count). The quantitative estimate of drug-likeness (QED) is 0.770. The molecule has 19 heavy (non-hydrogen) atoms. The number of hydrogen-bond donors (Lipinski definition) is 0. The van der Waals surface area contributed by atoms with Crippen molar-refractivity contribution in [3.05, 3.63) is 65.0 Å². The van der Waals surface area contributed by atoms with Crippen LogP contribution in [0.15, 0.2) is 42.6 Å². The fourth-order valence-electron chi connectivity index (χ4n) is 2.51. The highest BCUT2D eigenvalue weighted by Gasteiger charge is 2.22. The number of benzene rings is 1. The maximum Gasteiger partial charge on any atom is 0.211 e. The fourth-order valence-corrected chi connectivity index (χ4v) is 2.51. The third kappa shape index (κ3) is 2.19. The molecule has 0 fully saturated rings. The van der Waals surface area contributed by atoms with Crippen molar-refractivity contribution in [1.82, 2.24) is 4.98 Å². The molecule has 0 atom stereocenters. The molecule has 2 aromatic rings. The van der Waals surface area contributed by atoms with Crippen molar-refractivity contribution in [3.63, 3.8) is 0 Å². The first-order valence-corrected chi connectivity index (χ1v) is 6.34. The van der Waals surface area contributed by atoms with Crippen molar-refractivity contribution < 1.29 is 9.59 Å². The van der Waals surface area contributed by atoms with E-state index in [0.717, 1.165) is 11.1 Å². The molecule has 0 aliphatic heterocycles. The Balaban J connectivity index is 2.05. The van der Waals surface area contributed by atoms with Crippen molar-refractivity contribution in [2.75, 3.05) is 0 Å². The lowest BCUT2D eigenvalue weighted by Gasteiger charge is -2.17. The van der Waals surface area contributed by atoms with Crippen molar-refractivity contribution in [1.29, 1.82) is 0 Å². The number of Topliss-reactive ketones (excluding diaryl/α,β-unsaturated/α-hetero) is 1. The summed E-state index contributed by atoms with van der Waals surface area (Å²) in [5, 5.41) is 0. The minimum absolute atomic E-state index is 0.0631. The molecule has 0 unspecified atom stereocenters. The Morgan fingerprint density at radius 2 is 1.95 bits per heavy atom. The molecule has 0 bridgehead atoms. The monoisotopic (exact) mass is 251 g/mol. The normalized spacial score (nSPS) is 14.0. The van der Waals surface area contributed by atoms with E-state index in [1.807, 2.05) is 18.2 Å². The molecule has 0 spiro atoms. The number of rotatable bonds is 2. The third-order valence-corrected chi connectivity index (χ3v) is 3.46. The van der Waals surface area contributed by atoms with Gasteiger partial charge in [0.2, 0.25) is 5.78 Å². The van der Waals surface area contributed by atoms with Crippen LogP contribution >= 0.6 is 0 Å². The van der Waals surface area contributed by atoms with Crippen molar-refractivity contribution in [3.8, 4) is 0 Å². The van der Waals surface area contributed by atoms with Gasteiger partial charge in [0, 0.05) is 24.6 Å². The topological polar surface area (TPSA) is 47.0 Å². The molecule has 1 heterocycles. The van der Waals surface area contributed by atoms with Gasteiger partial charge < -0.3 is 0 Å². The van der Waals surface area contributed by atoms with E-state index < -0.39 is 0 Å². The van der Waals surface area contributed by atoms with Crippen LogP contribution in [-0.4, -0.2) is 16.6 Å². The van der Waals surface area contributed by atoms with Gasteiger partial charge in [0.05, 0.1) is 0 Å². The molecule has 0 saturated carbocycles. The van der Waals surface area contributed by atoms with Crippen LogP contribution in [0.3, 0.4) is 0 Å². The summed E-state index contributed by atoms with van der Waals surface area (Å²) in [6.45, 7) is 0. The zero-order chi connectivity index (χ0) is 13.2. The minimum atomic E-state index is -0.0631. The molecule has 0 amide bonds. The smallest absolute Gasteiger partial charge is 0.211 e. The van der Waals surface area contributed by atoms with Gasteiger partial charge in [0.25, 0.3) is 0 Å². The number of fused-ring (bicyclic) bond motifs is 1. The van der Waals surface area contributed by atoms with Crippen LogP contribution in [-0.2, 0) is 17.6 Å². The summed E-state index contributed by atoms with van der Waals surface area (Å²) < 4.78 is 0. The predicted molar refractivity (Wildman–Crippen MR) is 71.1 cm³/mol. The first-order valence-electron chi connectivity index (χ1n) is 6.34. The summed E-state index contributed by atoms with van der Waals surface area (Å²) in [4.78, 5) is 28.0. The summed E-state index contributed by atoms with van der Waals surface area (Å²) in [5.74, 6) is 0.182. The van der Waals surface area contributed by atoms with Gasteiger partial charge in [-0.05, 0) is 29.7 Å². The standard InChI is InChI=1S/C16H13NO2/c18-12-7-8-13-11(10-12)4-3-5-14(13)16(19)15-6-1-2-9-17-15/h1-6,9H,7-8,10H2. The van der Waals surface area contributed by atoms with Crippen LogP contribution in [0.4, 0.5) is 0 Å². The van der Waals surface area contributed by atoms with Crippen LogP contribution in [0.2, 0.25) is 0 Å². The lowest BCUT2D eigenvalue weighted by Crippen LogP contribution is -2.17. The van der Waals surface area contributed by atoms with Crippen molar-refractivity contribution in [2.24, 2.45) is 0 Å². The van der Waals surface area contributed by atoms with Crippen molar-refractivity contribution >= 4 is 11.6 Å². The molecule has 1 aliphatic carbocycles. The molecular formula is C16H13NO2. The van der Waals surface area contributed by atoms with Crippen molar-refractivity contribution in [2.45, 2.75) is 19.3 Å². The van der Waals surface area contributed by atoms with Crippen LogP contribution in [0.1, 0.15) is 33.6 Å². The zero-order valence-corrected chi connectivity index (χ0v) is 10.4. The SMILES string of the molecule is O=C1CCc2c(cccc2C(=O)c2ccccn2)C1. The highest BCUT2D eigenvalue weighted by molar-refractivity contribution is 6.09. The van der Waals surface area contributed by atoms with Gasteiger partial charge in [0.15, 0.2) is 0 Å². The Bertz CT molecular complexity index is 647. The first-order chi connectivity index (χ1) is 9.25. The van der Waals surface area contributed by atoms with E-state index in [-0.39, 0.29) is 11.6 Å². The largest absolute Gasteiger partial charge is 0.299 e.